The molecule has 2 amide bonds. The standard InChI is InChI=1S/C11H14N2O2.C10H11NO2/c1-3-11(2)8-4-9(10(12)14)13-5-7(8)6-15-11;1-11-8-4-2-3-5-9(8)13-7-6-10(11)12/h4-5H,3,6H2,1-2H3,(H2,12,14);2-5H,6-7H2,1H3. The first kappa shape index (κ1) is 19.8. The maximum Gasteiger partial charge on any atom is 0.267 e. The van der Waals surface area contributed by atoms with E-state index in [-0.39, 0.29) is 11.5 Å². The molecule has 0 bridgehead atoms. The normalized spacial score (nSPS) is 20.2. The SMILES string of the molecule is CCC1(C)OCc2cnc(C(N)=O)cc21.CN1C(=O)CCOc2ccccc21. The van der Waals surface area contributed by atoms with Crippen LogP contribution in [0.5, 0.6) is 5.75 Å². The monoisotopic (exact) mass is 383 g/mol. The molecule has 2 aromatic rings. The number of ether oxygens (including phenoxy) is 2. The molecule has 148 valence electrons. The Balaban J connectivity index is 0.000000162. The topological polar surface area (TPSA) is 94.8 Å². The van der Waals surface area contributed by atoms with Gasteiger partial charge in [-0.3, -0.25) is 14.6 Å². The Morgan fingerprint density at radius 2 is 2.11 bits per heavy atom. The summed E-state index contributed by atoms with van der Waals surface area (Å²) < 4.78 is 11.1. The van der Waals surface area contributed by atoms with Crippen LogP contribution in [0.25, 0.3) is 0 Å². The van der Waals surface area contributed by atoms with Gasteiger partial charge in [0.25, 0.3) is 5.91 Å². The molecule has 2 N–H and O–H groups in total. The molecule has 0 saturated carbocycles. The summed E-state index contributed by atoms with van der Waals surface area (Å²) in [6.45, 7) is 5.11. The maximum atomic E-state index is 11.4. The summed E-state index contributed by atoms with van der Waals surface area (Å²) in [6, 6.07) is 9.32. The summed E-state index contributed by atoms with van der Waals surface area (Å²) >= 11 is 0. The smallest absolute Gasteiger partial charge is 0.267 e. The first-order valence-corrected chi connectivity index (χ1v) is 9.27. The lowest BCUT2D eigenvalue weighted by Crippen LogP contribution is -2.24. The molecule has 0 spiro atoms. The molecular weight excluding hydrogens is 358 g/mol. The van der Waals surface area contributed by atoms with Crippen LogP contribution in [0.1, 0.15) is 48.3 Å². The Morgan fingerprint density at radius 3 is 2.82 bits per heavy atom. The molecule has 1 aromatic carbocycles. The van der Waals surface area contributed by atoms with E-state index in [4.69, 9.17) is 15.2 Å². The van der Waals surface area contributed by atoms with Gasteiger partial charge in [-0.1, -0.05) is 19.1 Å². The third-order valence-corrected chi connectivity index (χ3v) is 5.20. The summed E-state index contributed by atoms with van der Waals surface area (Å²) in [5.41, 5.74) is 8.13. The molecule has 0 fully saturated rings. The van der Waals surface area contributed by atoms with Gasteiger partial charge in [0.05, 0.1) is 30.9 Å². The summed E-state index contributed by atoms with van der Waals surface area (Å²) in [5, 5.41) is 0. The molecule has 1 unspecified atom stereocenters. The van der Waals surface area contributed by atoms with Gasteiger partial charge in [0, 0.05) is 18.8 Å². The molecule has 0 radical (unpaired) electrons. The molecule has 1 atom stereocenters. The van der Waals surface area contributed by atoms with Crippen LogP contribution in [-0.4, -0.2) is 30.5 Å². The summed E-state index contributed by atoms with van der Waals surface area (Å²) in [7, 11) is 1.77. The lowest BCUT2D eigenvalue weighted by atomic mass is 9.92. The highest BCUT2D eigenvalue weighted by molar-refractivity contribution is 5.95. The van der Waals surface area contributed by atoms with Crippen molar-refractivity contribution >= 4 is 17.5 Å². The number of carbonyl (C=O) groups is 2. The van der Waals surface area contributed by atoms with Crippen molar-refractivity contribution < 1.29 is 19.1 Å². The molecule has 1 aromatic heterocycles. The summed E-state index contributed by atoms with van der Waals surface area (Å²) in [5.74, 6) is 0.393. The van der Waals surface area contributed by atoms with E-state index < -0.39 is 5.91 Å². The predicted octanol–water partition coefficient (Wildman–Crippen LogP) is 2.77. The Labute approximate surface area is 164 Å². The second-order valence-electron chi connectivity index (χ2n) is 6.98. The average Bonchev–Trinajstić information content (AvgIpc) is 2.97. The molecule has 4 rings (SSSR count). The first-order chi connectivity index (χ1) is 13.4. The highest BCUT2D eigenvalue weighted by atomic mass is 16.5. The van der Waals surface area contributed by atoms with E-state index in [2.05, 4.69) is 11.9 Å². The number of rotatable bonds is 2. The van der Waals surface area contributed by atoms with E-state index in [1.807, 2.05) is 31.2 Å². The van der Waals surface area contributed by atoms with Crippen molar-refractivity contribution in [2.45, 2.75) is 38.9 Å². The van der Waals surface area contributed by atoms with Crippen molar-refractivity contribution in [3.05, 3.63) is 53.3 Å². The minimum absolute atomic E-state index is 0.102. The number of nitrogens with two attached hydrogens (primary N) is 1. The van der Waals surface area contributed by atoms with Crippen LogP contribution in [-0.2, 0) is 21.7 Å². The van der Waals surface area contributed by atoms with Crippen LogP contribution in [0.4, 0.5) is 5.69 Å². The van der Waals surface area contributed by atoms with Crippen LogP contribution in [0, 0.1) is 0 Å². The van der Waals surface area contributed by atoms with Gasteiger partial charge < -0.3 is 20.1 Å². The highest BCUT2D eigenvalue weighted by Crippen LogP contribution is 2.38. The number of aromatic nitrogens is 1. The molecule has 0 saturated heterocycles. The minimum atomic E-state index is -0.497. The van der Waals surface area contributed by atoms with Crippen molar-refractivity contribution in [2.75, 3.05) is 18.6 Å². The lowest BCUT2D eigenvalue weighted by Gasteiger charge is -2.22. The molecule has 7 nitrogen and oxygen atoms in total. The fourth-order valence-electron chi connectivity index (χ4n) is 3.24. The Kier molecular flexibility index (Phi) is 5.65. The van der Waals surface area contributed by atoms with E-state index in [0.29, 0.717) is 25.3 Å². The van der Waals surface area contributed by atoms with E-state index in [0.717, 1.165) is 29.0 Å². The molecule has 0 aliphatic carbocycles. The van der Waals surface area contributed by atoms with E-state index >= 15 is 0 Å². The summed E-state index contributed by atoms with van der Waals surface area (Å²) in [6.07, 6.45) is 2.99. The molecule has 7 heteroatoms. The van der Waals surface area contributed by atoms with Gasteiger partial charge in [-0.25, -0.2) is 0 Å². The number of hydrogen-bond donors (Lipinski definition) is 1. The van der Waals surface area contributed by atoms with Gasteiger partial charge in [0.2, 0.25) is 5.91 Å². The van der Waals surface area contributed by atoms with Gasteiger partial charge in [-0.05, 0) is 37.1 Å². The molecule has 3 heterocycles. The first-order valence-electron chi connectivity index (χ1n) is 9.27. The number of pyridine rings is 1. The van der Waals surface area contributed by atoms with Crippen molar-refractivity contribution in [3.63, 3.8) is 0 Å². The average molecular weight is 383 g/mol. The highest BCUT2D eigenvalue weighted by Gasteiger charge is 2.34. The number of carbonyl (C=O) groups excluding carboxylic acids is 2. The third-order valence-electron chi connectivity index (χ3n) is 5.20. The zero-order valence-electron chi connectivity index (χ0n) is 16.4. The van der Waals surface area contributed by atoms with Crippen molar-refractivity contribution in [1.82, 2.24) is 4.98 Å². The van der Waals surface area contributed by atoms with E-state index in [1.165, 1.54) is 0 Å². The number of anilines is 1. The van der Waals surface area contributed by atoms with Crippen molar-refractivity contribution in [3.8, 4) is 5.75 Å². The maximum absolute atomic E-state index is 11.4. The Hall–Kier alpha value is -2.93. The number of amides is 2. The number of nitrogens with zero attached hydrogens (tertiary/aromatic N) is 2. The number of hydrogen-bond acceptors (Lipinski definition) is 5. The number of fused-ring (bicyclic) bond motifs is 2. The quantitative estimate of drug-likeness (QED) is 0.860. The van der Waals surface area contributed by atoms with Crippen LogP contribution in [0.15, 0.2) is 36.5 Å². The molecule has 28 heavy (non-hydrogen) atoms. The van der Waals surface area contributed by atoms with Gasteiger partial charge in [0.15, 0.2) is 0 Å². The van der Waals surface area contributed by atoms with Crippen LogP contribution < -0.4 is 15.4 Å². The number of benzene rings is 1. The molecule has 2 aliphatic heterocycles. The van der Waals surface area contributed by atoms with Gasteiger partial charge in [-0.2, -0.15) is 0 Å². The molecule has 2 aliphatic rings. The van der Waals surface area contributed by atoms with Gasteiger partial charge in [0.1, 0.15) is 11.4 Å². The minimum Gasteiger partial charge on any atom is -0.491 e. The van der Waals surface area contributed by atoms with Crippen molar-refractivity contribution in [2.24, 2.45) is 5.73 Å². The Morgan fingerprint density at radius 1 is 1.36 bits per heavy atom. The van der Waals surface area contributed by atoms with E-state index in [9.17, 15) is 9.59 Å². The number of primary amides is 1. The predicted molar refractivity (Wildman–Crippen MR) is 105 cm³/mol. The molecular formula is C21H25N3O4. The van der Waals surface area contributed by atoms with Crippen molar-refractivity contribution in [1.29, 1.82) is 0 Å². The van der Waals surface area contributed by atoms with Crippen LogP contribution >= 0.6 is 0 Å². The second kappa shape index (κ2) is 7.98. The Bertz CT molecular complexity index is 899. The fraction of sp³-hybridized carbons (Fsp3) is 0.381. The zero-order valence-corrected chi connectivity index (χ0v) is 16.4. The largest absolute Gasteiger partial charge is 0.491 e. The number of para-hydroxylation sites is 2. The fourth-order valence-corrected chi connectivity index (χ4v) is 3.24. The zero-order chi connectivity index (χ0) is 20.3. The van der Waals surface area contributed by atoms with E-state index in [1.54, 1.807) is 24.2 Å². The van der Waals surface area contributed by atoms with Crippen LogP contribution in [0.3, 0.4) is 0 Å². The second-order valence-corrected chi connectivity index (χ2v) is 6.98. The summed E-state index contributed by atoms with van der Waals surface area (Å²) in [4.78, 5) is 28.1. The van der Waals surface area contributed by atoms with Crippen LogP contribution in [0.2, 0.25) is 0 Å². The van der Waals surface area contributed by atoms with Gasteiger partial charge in [-0.15, -0.1) is 0 Å². The lowest BCUT2D eigenvalue weighted by molar-refractivity contribution is -0.118. The van der Waals surface area contributed by atoms with Gasteiger partial charge >= 0.3 is 0 Å². The third kappa shape index (κ3) is 3.84.